The van der Waals surface area contributed by atoms with Crippen LogP contribution in [-0.2, 0) is 6.54 Å². The van der Waals surface area contributed by atoms with E-state index in [2.05, 4.69) is 34.5 Å². The first kappa shape index (κ1) is 11.3. The van der Waals surface area contributed by atoms with Crippen LogP contribution in [0.3, 0.4) is 0 Å². The smallest absolute Gasteiger partial charge is 0.283 e. The number of aromatic nitrogens is 2. The first-order valence-electron chi connectivity index (χ1n) is 4.93. The van der Waals surface area contributed by atoms with Crippen molar-refractivity contribution in [3.05, 3.63) is 32.1 Å². The Morgan fingerprint density at radius 2 is 2.38 bits per heavy atom. The molecular weight excluding hydrogens is 321 g/mol. The lowest BCUT2D eigenvalue weighted by atomic mass is 10.3. The highest BCUT2D eigenvalue weighted by Gasteiger charge is 2.18. The van der Waals surface area contributed by atoms with Crippen molar-refractivity contribution in [2.45, 2.75) is 19.9 Å². The summed E-state index contributed by atoms with van der Waals surface area (Å²) in [5.41, 5.74) is 0.824. The minimum atomic E-state index is -0.359. The molecule has 0 spiro atoms. The van der Waals surface area contributed by atoms with E-state index in [1.807, 2.05) is 10.8 Å². The second-order valence-electron chi connectivity index (χ2n) is 3.46. The van der Waals surface area contributed by atoms with Crippen molar-refractivity contribution in [2.75, 3.05) is 0 Å². The highest BCUT2D eigenvalue weighted by molar-refractivity contribution is 14.1. The maximum Gasteiger partial charge on any atom is 0.283 e. The molecule has 2 aromatic rings. The van der Waals surface area contributed by atoms with Gasteiger partial charge < -0.3 is 4.57 Å². The van der Waals surface area contributed by atoms with Crippen molar-refractivity contribution < 1.29 is 4.92 Å². The Balaban J connectivity index is 2.74. The first-order valence-corrected chi connectivity index (χ1v) is 6.00. The zero-order valence-corrected chi connectivity index (χ0v) is 10.8. The van der Waals surface area contributed by atoms with Gasteiger partial charge in [-0.2, -0.15) is 0 Å². The van der Waals surface area contributed by atoms with Crippen LogP contribution in [0, 0.1) is 13.7 Å². The monoisotopic (exact) mass is 331 g/mol. The fraction of sp³-hybridized carbons (Fsp3) is 0.300. The predicted molar refractivity (Wildman–Crippen MR) is 69.4 cm³/mol. The molecule has 16 heavy (non-hydrogen) atoms. The Morgan fingerprint density at radius 1 is 1.62 bits per heavy atom. The van der Waals surface area contributed by atoms with E-state index in [-0.39, 0.29) is 10.6 Å². The van der Waals surface area contributed by atoms with Gasteiger partial charge in [-0.25, -0.2) is 4.98 Å². The number of nitro groups is 1. The minimum absolute atomic E-state index is 0.129. The van der Waals surface area contributed by atoms with E-state index in [1.165, 1.54) is 12.3 Å². The molecule has 0 radical (unpaired) electrons. The first-order chi connectivity index (χ1) is 7.65. The Labute approximate surface area is 106 Å². The van der Waals surface area contributed by atoms with Crippen molar-refractivity contribution in [3.63, 3.8) is 0 Å². The van der Waals surface area contributed by atoms with Gasteiger partial charge in [0.05, 0.1) is 4.92 Å². The summed E-state index contributed by atoms with van der Waals surface area (Å²) in [6, 6.07) is 1.45. The van der Waals surface area contributed by atoms with Gasteiger partial charge in [-0.1, -0.05) is 6.92 Å². The summed E-state index contributed by atoms with van der Waals surface area (Å²) >= 11 is 2.11. The number of fused-ring (bicyclic) bond motifs is 1. The normalized spacial score (nSPS) is 10.9. The van der Waals surface area contributed by atoms with Crippen LogP contribution in [0.5, 0.6) is 0 Å². The quantitative estimate of drug-likeness (QED) is 0.494. The summed E-state index contributed by atoms with van der Waals surface area (Å²) in [5, 5.41) is 11.5. The molecule has 5 nitrogen and oxygen atoms in total. The van der Waals surface area contributed by atoms with Crippen molar-refractivity contribution in [1.82, 2.24) is 9.55 Å². The number of pyridine rings is 1. The molecule has 0 aliphatic rings. The molecule has 6 heteroatoms. The maximum atomic E-state index is 10.9. The second-order valence-corrected chi connectivity index (χ2v) is 4.62. The number of halogens is 1. The Bertz CT molecular complexity index is 550. The van der Waals surface area contributed by atoms with Crippen LogP contribution >= 0.6 is 22.6 Å². The van der Waals surface area contributed by atoms with E-state index >= 15 is 0 Å². The number of aryl methyl sites for hydroxylation is 1. The van der Waals surface area contributed by atoms with Gasteiger partial charge in [0.15, 0.2) is 0 Å². The number of hydrogen-bond acceptors (Lipinski definition) is 3. The van der Waals surface area contributed by atoms with E-state index in [4.69, 9.17) is 0 Å². The third-order valence-electron chi connectivity index (χ3n) is 2.35. The second kappa shape index (κ2) is 4.36. The van der Waals surface area contributed by atoms with Crippen molar-refractivity contribution in [3.8, 4) is 0 Å². The van der Waals surface area contributed by atoms with Crippen LogP contribution in [0.15, 0.2) is 18.5 Å². The van der Waals surface area contributed by atoms with E-state index in [9.17, 15) is 10.1 Å². The molecule has 0 atom stereocenters. The van der Waals surface area contributed by atoms with Crippen LogP contribution in [0.25, 0.3) is 11.0 Å². The molecule has 0 saturated carbocycles. The lowest BCUT2D eigenvalue weighted by molar-refractivity contribution is -0.383. The van der Waals surface area contributed by atoms with E-state index in [1.54, 1.807) is 0 Å². The van der Waals surface area contributed by atoms with Crippen molar-refractivity contribution in [1.29, 1.82) is 0 Å². The maximum absolute atomic E-state index is 10.9. The zero-order chi connectivity index (χ0) is 11.7. The van der Waals surface area contributed by atoms with E-state index < -0.39 is 0 Å². The average Bonchev–Trinajstić information content (AvgIpc) is 2.57. The molecule has 84 valence electrons. The molecule has 2 aromatic heterocycles. The van der Waals surface area contributed by atoms with Gasteiger partial charge >= 0.3 is 0 Å². The lowest BCUT2D eigenvalue weighted by Gasteiger charge is -2.00. The van der Waals surface area contributed by atoms with Crippen molar-refractivity contribution >= 4 is 39.3 Å². The molecule has 0 aliphatic heterocycles. The average molecular weight is 331 g/mol. The van der Waals surface area contributed by atoms with Gasteiger partial charge in [-0.3, -0.25) is 10.1 Å². The summed E-state index contributed by atoms with van der Waals surface area (Å²) in [4.78, 5) is 14.8. The van der Waals surface area contributed by atoms with Crippen LogP contribution in [0.4, 0.5) is 5.69 Å². The zero-order valence-electron chi connectivity index (χ0n) is 8.68. The molecule has 2 rings (SSSR count). The largest absolute Gasteiger partial charge is 0.331 e. The summed E-state index contributed by atoms with van der Waals surface area (Å²) in [7, 11) is 0. The van der Waals surface area contributed by atoms with Crippen molar-refractivity contribution in [2.24, 2.45) is 0 Å². The fourth-order valence-electron chi connectivity index (χ4n) is 1.71. The third kappa shape index (κ3) is 1.77. The third-order valence-corrected chi connectivity index (χ3v) is 3.17. The predicted octanol–water partition coefficient (Wildman–Crippen LogP) is 2.96. The molecule has 0 unspecified atom stereocenters. The molecule has 0 aromatic carbocycles. The summed E-state index contributed by atoms with van der Waals surface area (Å²) in [6.45, 7) is 2.89. The highest BCUT2D eigenvalue weighted by atomic mass is 127. The number of rotatable bonds is 3. The van der Waals surface area contributed by atoms with E-state index in [0.29, 0.717) is 11.0 Å². The van der Waals surface area contributed by atoms with Gasteiger partial charge in [0.25, 0.3) is 5.69 Å². The Morgan fingerprint density at radius 3 is 3.00 bits per heavy atom. The van der Waals surface area contributed by atoms with Gasteiger partial charge in [-0.05, 0) is 29.0 Å². The summed E-state index contributed by atoms with van der Waals surface area (Å²) < 4.78 is 2.84. The molecule has 0 bridgehead atoms. The fourth-order valence-corrected chi connectivity index (χ4v) is 2.57. The summed E-state index contributed by atoms with van der Waals surface area (Å²) in [6.07, 6.45) is 4.38. The summed E-state index contributed by atoms with van der Waals surface area (Å²) in [5.74, 6) is 0. The van der Waals surface area contributed by atoms with Gasteiger partial charge in [0.1, 0.15) is 11.0 Å². The highest BCUT2D eigenvalue weighted by Crippen LogP contribution is 2.29. The van der Waals surface area contributed by atoms with Crippen LogP contribution < -0.4 is 0 Å². The van der Waals surface area contributed by atoms with Crippen LogP contribution in [-0.4, -0.2) is 14.5 Å². The van der Waals surface area contributed by atoms with Crippen LogP contribution in [0.2, 0.25) is 0 Å². The van der Waals surface area contributed by atoms with Gasteiger partial charge in [0.2, 0.25) is 0 Å². The lowest BCUT2D eigenvalue weighted by Crippen LogP contribution is -1.96. The molecule has 0 aliphatic carbocycles. The number of hydrogen-bond donors (Lipinski definition) is 0. The van der Waals surface area contributed by atoms with Gasteiger partial charge in [0, 0.05) is 28.6 Å². The molecule has 2 heterocycles. The molecule has 0 saturated heterocycles. The van der Waals surface area contributed by atoms with E-state index in [0.717, 1.165) is 16.5 Å². The standard InChI is InChI=1S/C10H10IN3O2/c1-2-5-13-6-7(11)9-8(14(15)16)3-4-12-10(9)13/h3-4,6H,2,5H2,1H3. The minimum Gasteiger partial charge on any atom is -0.331 e. The number of nitrogens with zero attached hydrogens (tertiary/aromatic N) is 3. The van der Waals surface area contributed by atoms with Crippen LogP contribution in [0.1, 0.15) is 13.3 Å². The Hall–Kier alpha value is -1.18. The molecular formula is C10H10IN3O2. The SMILES string of the molecule is CCCn1cc(I)c2c([N+](=O)[O-])ccnc21. The Kier molecular flexibility index (Phi) is 3.08. The molecule has 0 N–H and O–H groups in total. The topological polar surface area (TPSA) is 61.0 Å². The molecule has 0 amide bonds. The van der Waals surface area contributed by atoms with Gasteiger partial charge in [-0.15, -0.1) is 0 Å². The molecule has 0 fully saturated rings.